The van der Waals surface area contributed by atoms with Gasteiger partial charge in [-0.2, -0.15) is 0 Å². The number of carbonyl (C=O) groups excluding carboxylic acids is 2. The third-order valence-electron chi connectivity index (χ3n) is 6.05. The van der Waals surface area contributed by atoms with Crippen LogP contribution in [0.25, 0.3) is 11.1 Å². The van der Waals surface area contributed by atoms with Crippen molar-refractivity contribution in [3.8, 4) is 11.1 Å². The molecule has 1 aliphatic rings. The van der Waals surface area contributed by atoms with Gasteiger partial charge in [0.05, 0.1) is 6.54 Å². The highest BCUT2D eigenvalue weighted by Gasteiger charge is 2.13. The first-order chi connectivity index (χ1) is 16.1. The molecule has 0 saturated carbocycles. The summed E-state index contributed by atoms with van der Waals surface area (Å²) in [7, 11) is 0. The number of aryl methyl sites for hydroxylation is 1. The van der Waals surface area contributed by atoms with Gasteiger partial charge in [0.2, 0.25) is 5.91 Å². The van der Waals surface area contributed by atoms with E-state index in [2.05, 4.69) is 45.9 Å². The van der Waals surface area contributed by atoms with E-state index in [0.29, 0.717) is 12.1 Å². The lowest BCUT2D eigenvalue weighted by Crippen LogP contribution is -2.36. The Bertz CT molecular complexity index is 1100. The van der Waals surface area contributed by atoms with Crippen LogP contribution in [0.15, 0.2) is 72.8 Å². The highest BCUT2D eigenvalue weighted by molar-refractivity contribution is 5.96. The maximum absolute atomic E-state index is 12.3. The summed E-state index contributed by atoms with van der Waals surface area (Å²) < 4.78 is 0. The molecule has 0 atom stereocenters. The second-order valence-electron chi connectivity index (χ2n) is 8.67. The molecule has 170 valence electrons. The van der Waals surface area contributed by atoms with Crippen LogP contribution in [-0.2, 0) is 17.9 Å². The fourth-order valence-electron chi connectivity index (χ4n) is 4.25. The molecular formula is C28H31N3O2. The Morgan fingerprint density at radius 2 is 1.64 bits per heavy atom. The van der Waals surface area contributed by atoms with Crippen molar-refractivity contribution in [1.82, 2.24) is 15.5 Å². The minimum Gasteiger partial charge on any atom is -0.350 e. The van der Waals surface area contributed by atoms with Crippen molar-refractivity contribution in [2.75, 3.05) is 19.6 Å². The monoisotopic (exact) mass is 441 g/mol. The number of likely N-dealkylation sites (tertiary alicyclic amines) is 1. The molecule has 1 fully saturated rings. The van der Waals surface area contributed by atoms with Crippen LogP contribution >= 0.6 is 0 Å². The maximum atomic E-state index is 12.3. The van der Waals surface area contributed by atoms with Crippen LogP contribution < -0.4 is 10.6 Å². The summed E-state index contributed by atoms with van der Waals surface area (Å²) in [5, 5.41) is 5.62. The van der Waals surface area contributed by atoms with Crippen molar-refractivity contribution in [2.45, 2.75) is 32.9 Å². The Balaban J connectivity index is 1.32. The lowest BCUT2D eigenvalue weighted by atomic mass is 9.98. The molecule has 3 aromatic carbocycles. The lowest BCUT2D eigenvalue weighted by molar-refractivity contribution is -0.120. The SMILES string of the molecule is Cc1cccc(C(=O)NCC(=O)NCc2ccccc2-c2ccc(CN3CCCC3)cc2)c1. The third-order valence-corrected chi connectivity index (χ3v) is 6.05. The molecule has 1 aliphatic heterocycles. The van der Waals surface area contributed by atoms with E-state index in [-0.39, 0.29) is 18.4 Å². The van der Waals surface area contributed by atoms with E-state index in [4.69, 9.17) is 0 Å². The highest BCUT2D eigenvalue weighted by atomic mass is 16.2. The van der Waals surface area contributed by atoms with Gasteiger partial charge in [0, 0.05) is 18.7 Å². The Kier molecular flexibility index (Phi) is 7.53. The molecule has 0 unspecified atom stereocenters. The molecule has 0 radical (unpaired) electrons. The first-order valence-corrected chi connectivity index (χ1v) is 11.6. The van der Waals surface area contributed by atoms with Gasteiger partial charge in [-0.05, 0) is 67.2 Å². The van der Waals surface area contributed by atoms with E-state index < -0.39 is 0 Å². The zero-order valence-electron chi connectivity index (χ0n) is 19.1. The molecule has 0 spiro atoms. The Morgan fingerprint density at radius 3 is 2.39 bits per heavy atom. The summed E-state index contributed by atoms with van der Waals surface area (Å²) in [6, 6.07) is 24.1. The highest BCUT2D eigenvalue weighted by Crippen LogP contribution is 2.25. The molecule has 1 saturated heterocycles. The van der Waals surface area contributed by atoms with Crippen molar-refractivity contribution in [3.63, 3.8) is 0 Å². The number of amides is 2. The van der Waals surface area contributed by atoms with Gasteiger partial charge in [0.25, 0.3) is 5.91 Å². The summed E-state index contributed by atoms with van der Waals surface area (Å²) in [6.07, 6.45) is 2.60. The second-order valence-corrected chi connectivity index (χ2v) is 8.67. The predicted octanol–water partition coefficient (Wildman–Crippen LogP) is 4.30. The van der Waals surface area contributed by atoms with Crippen molar-refractivity contribution in [3.05, 3.63) is 95.1 Å². The Morgan fingerprint density at radius 1 is 0.879 bits per heavy atom. The van der Waals surface area contributed by atoms with Gasteiger partial charge in [-0.25, -0.2) is 0 Å². The molecule has 4 rings (SSSR count). The van der Waals surface area contributed by atoms with E-state index in [1.165, 1.54) is 31.5 Å². The van der Waals surface area contributed by atoms with E-state index in [1.54, 1.807) is 12.1 Å². The van der Waals surface area contributed by atoms with Crippen molar-refractivity contribution >= 4 is 11.8 Å². The maximum Gasteiger partial charge on any atom is 0.251 e. The number of hydrogen-bond donors (Lipinski definition) is 2. The van der Waals surface area contributed by atoms with Gasteiger partial charge >= 0.3 is 0 Å². The molecule has 1 heterocycles. The van der Waals surface area contributed by atoms with Crippen LogP contribution in [-0.4, -0.2) is 36.3 Å². The molecule has 2 amide bonds. The van der Waals surface area contributed by atoms with Gasteiger partial charge in [-0.15, -0.1) is 0 Å². The average molecular weight is 442 g/mol. The average Bonchev–Trinajstić information content (AvgIpc) is 3.35. The number of carbonyl (C=O) groups is 2. The van der Waals surface area contributed by atoms with Gasteiger partial charge in [0.1, 0.15) is 0 Å². The largest absolute Gasteiger partial charge is 0.350 e. The van der Waals surface area contributed by atoms with Crippen LogP contribution in [0, 0.1) is 6.92 Å². The molecule has 5 nitrogen and oxygen atoms in total. The molecule has 0 aliphatic carbocycles. The predicted molar refractivity (Wildman–Crippen MR) is 132 cm³/mol. The molecule has 3 aromatic rings. The number of hydrogen-bond acceptors (Lipinski definition) is 3. The topological polar surface area (TPSA) is 61.4 Å². The zero-order valence-corrected chi connectivity index (χ0v) is 19.1. The normalized spacial score (nSPS) is 13.6. The van der Waals surface area contributed by atoms with Crippen LogP contribution in [0.5, 0.6) is 0 Å². The van der Waals surface area contributed by atoms with E-state index >= 15 is 0 Å². The van der Waals surface area contributed by atoms with Crippen LogP contribution in [0.1, 0.15) is 39.9 Å². The lowest BCUT2D eigenvalue weighted by Gasteiger charge is -2.15. The standard InChI is InChI=1S/C28H31N3O2/c1-21-7-6-9-24(17-21)28(33)30-19-27(32)29-18-25-8-2-3-10-26(25)23-13-11-22(12-14-23)20-31-15-4-5-16-31/h2-3,6-14,17H,4-5,15-16,18-20H2,1H3,(H,29,32)(H,30,33). The van der Waals surface area contributed by atoms with Crippen molar-refractivity contribution in [2.24, 2.45) is 0 Å². The summed E-state index contributed by atoms with van der Waals surface area (Å²) in [5.74, 6) is -0.463. The van der Waals surface area contributed by atoms with Crippen LogP contribution in [0.4, 0.5) is 0 Å². The van der Waals surface area contributed by atoms with E-state index in [1.807, 2.05) is 37.3 Å². The smallest absolute Gasteiger partial charge is 0.251 e. The molecule has 0 bridgehead atoms. The van der Waals surface area contributed by atoms with Gasteiger partial charge < -0.3 is 10.6 Å². The molecule has 5 heteroatoms. The molecular weight excluding hydrogens is 410 g/mol. The Labute approximate surface area is 195 Å². The summed E-state index contributed by atoms with van der Waals surface area (Å²) in [4.78, 5) is 27.1. The first-order valence-electron chi connectivity index (χ1n) is 11.6. The molecule has 2 N–H and O–H groups in total. The first kappa shape index (κ1) is 22.7. The van der Waals surface area contributed by atoms with Gasteiger partial charge in [-0.3, -0.25) is 14.5 Å². The van der Waals surface area contributed by atoms with E-state index in [9.17, 15) is 9.59 Å². The summed E-state index contributed by atoms with van der Waals surface area (Å²) >= 11 is 0. The van der Waals surface area contributed by atoms with E-state index in [0.717, 1.165) is 28.8 Å². The second kappa shape index (κ2) is 10.9. The van der Waals surface area contributed by atoms with Gasteiger partial charge in [-0.1, -0.05) is 66.2 Å². The van der Waals surface area contributed by atoms with Crippen LogP contribution in [0.3, 0.4) is 0 Å². The van der Waals surface area contributed by atoms with Gasteiger partial charge in [0.15, 0.2) is 0 Å². The fourth-order valence-corrected chi connectivity index (χ4v) is 4.25. The molecule has 33 heavy (non-hydrogen) atoms. The third kappa shape index (κ3) is 6.30. The number of rotatable bonds is 8. The van der Waals surface area contributed by atoms with Crippen LogP contribution in [0.2, 0.25) is 0 Å². The number of nitrogens with zero attached hydrogens (tertiary/aromatic N) is 1. The Hall–Kier alpha value is -3.44. The summed E-state index contributed by atoms with van der Waals surface area (Å²) in [6.45, 7) is 5.67. The van der Waals surface area contributed by atoms with Crippen molar-refractivity contribution < 1.29 is 9.59 Å². The zero-order chi connectivity index (χ0) is 23.0. The number of nitrogens with one attached hydrogen (secondary N) is 2. The molecule has 0 aromatic heterocycles. The minimum absolute atomic E-state index is 0.0554. The quantitative estimate of drug-likeness (QED) is 0.548. The fraction of sp³-hybridized carbons (Fsp3) is 0.286. The minimum atomic E-state index is -0.247. The number of benzene rings is 3. The summed E-state index contributed by atoms with van der Waals surface area (Å²) in [5.41, 5.74) is 6.18. The van der Waals surface area contributed by atoms with Crippen molar-refractivity contribution in [1.29, 1.82) is 0 Å².